The number of hydrogen-bond donors (Lipinski definition) is 0. The van der Waals surface area contributed by atoms with E-state index in [-0.39, 0.29) is 19.0 Å². The molecule has 0 spiro atoms. The molecule has 1 amide bonds. The van der Waals surface area contributed by atoms with Gasteiger partial charge in [0.15, 0.2) is 0 Å². The molecule has 1 heterocycles. The summed E-state index contributed by atoms with van der Waals surface area (Å²) in [4.78, 5) is 14.9. The van der Waals surface area contributed by atoms with E-state index in [2.05, 4.69) is 0 Å². The second-order valence-corrected chi connectivity index (χ2v) is 9.59. The summed E-state index contributed by atoms with van der Waals surface area (Å²) in [6, 6.07) is 23.1. The Morgan fingerprint density at radius 2 is 1.71 bits per heavy atom. The summed E-state index contributed by atoms with van der Waals surface area (Å²) in [6.45, 7) is 2.89. The van der Waals surface area contributed by atoms with E-state index in [1.54, 1.807) is 17.0 Å². The molecule has 6 heteroatoms. The minimum atomic E-state index is -1.48. The van der Waals surface area contributed by atoms with Gasteiger partial charge in [0.25, 0.3) is 0 Å². The lowest BCUT2D eigenvalue weighted by Crippen LogP contribution is -2.38. The second kappa shape index (κ2) is 9.02. The van der Waals surface area contributed by atoms with Crippen LogP contribution in [0.4, 0.5) is 9.18 Å². The van der Waals surface area contributed by atoms with Crippen LogP contribution in [0.1, 0.15) is 23.1 Å². The maximum absolute atomic E-state index is 13.7. The zero-order chi connectivity index (χ0) is 21.8. The van der Waals surface area contributed by atoms with Gasteiger partial charge >= 0.3 is 6.09 Å². The van der Waals surface area contributed by atoms with Crippen LogP contribution < -0.4 is 0 Å². The first-order valence-corrected chi connectivity index (χ1v) is 11.3. The van der Waals surface area contributed by atoms with Crippen LogP contribution in [0.3, 0.4) is 0 Å². The van der Waals surface area contributed by atoms with E-state index in [9.17, 15) is 13.4 Å². The van der Waals surface area contributed by atoms with Crippen molar-refractivity contribution in [3.05, 3.63) is 101 Å². The van der Waals surface area contributed by atoms with Crippen molar-refractivity contribution in [3.63, 3.8) is 0 Å². The molecule has 0 saturated carbocycles. The Bertz CT molecular complexity index is 1070. The maximum atomic E-state index is 13.7. The minimum absolute atomic E-state index is 0.189. The van der Waals surface area contributed by atoms with Gasteiger partial charge in [0.05, 0.1) is 15.5 Å². The Labute approximate surface area is 184 Å². The lowest BCUT2D eigenvalue weighted by molar-refractivity contribution is 0.103. The van der Waals surface area contributed by atoms with Crippen LogP contribution in [0.15, 0.2) is 83.8 Å². The van der Waals surface area contributed by atoms with Crippen molar-refractivity contribution in [2.75, 3.05) is 13.1 Å². The predicted molar refractivity (Wildman–Crippen MR) is 118 cm³/mol. The van der Waals surface area contributed by atoms with Crippen LogP contribution in [0, 0.1) is 12.7 Å². The molecule has 1 saturated heterocycles. The monoisotopic (exact) mass is 437 g/mol. The largest absolute Gasteiger partial charge is 0.445 e. The summed E-state index contributed by atoms with van der Waals surface area (Å²) < 4.78 is 31.9. The quantitative estimate of drug-likeness (QED) is 0.553. The van der Waals surface area contributed by atoms with Gasteiger partial charge in [0.2, 0.25) is 0 Å². The van der Waals surface area contributed by atoms with Crippen molar-refractivity contribution >= 4 is 16.9 Å². The van der Waals surface area contributed by atoms with Gasteiger partial charge in [0, 0.05) is 18.0 Å². The van der Waals surface area contributed by atoms with Crippen molar-refractivity contribution in [2.24, 2.45) is 0 Å². The highest BCUT2D eigenvalue weighted by Crippen LogP contribution is 2.41. The van der Waals surface area contributed by atoms with Crippen LogP contribution in [-0.2, 0) is 26.9 Å². The number of likely N-dealkylation sites (tertiary alicyclic amines) is 1. The fourth-order valence-corrected chi connectivity index (χ4v) is 5.62. The van der Waals surface area contributed by atoms with Gasteiger partial charge in [-0.1, -0.05) is 60.2 Å². The summed E-state index contributed by atoms with van der Waals surface area (Å²) in [5, 5.41) is 0. The lowest BCUT2D eigenvalue weighted by atomic mass is 9.96. The van der Waals surface area contributed by atoms with E-state index >= 15 is 0 Å². The lowest BCUT2D eigenvalue weighted by Gasteiger charge is -2.29. The Morgan fingerprint density at radius 3 is 2.39 bits per heavy atom. The number of ether oxygens (including phenoxy) is 1. The van der Waals surface area contributed by atoms with Gasteiger partial charge in [-0.15, -0.1) is 0 Å². The summed E-state index contributed by atoms with van der Waals surface area (Å²) in [7, 11) is -1.48. The fraction of sp³-hybridized carbons (Fsp3) is 0.240. The summed E-state index contributed by atoms with van der Waals surface area (Å²) >= 11 is 0. The Balaban J connectivity index is 1.58. The average molecular weight is 438 g/mol. The van der Waals surface area contributed by atoms with E-state index in [4.69, 9.17) is 4.74 Å². The second-order valence-electron chi connectivity index (χ2n) is 7.79. The first kappa shape index (κ1) is 21.2. The molecule has 4 nitrogen and oxygen atoms in total. The van der Waals surface area contributed by atoms with Gasteiger partial charge in [-0.05, 0) is 48.7 Å². The fourth-order valence-electron chi connectivity index (χ4n) is 3.88. The molecule has 3 aromatic carbocycles. The Kier molecular flexibility index (Phi) is 6.18. The molecule has 0 aromatic heterocycles. The highest BCUT2D eigenvalue weighted by atomic mass is 32.2. The van der Waals surface area contributed by atoms with Crippen LogP contribution in [0.25, 0.3) is 0 Å². The molecule has 1 aliphatic heterocycles. The molecule has 0 bridgehead atoms. The molecular formula is C25H24FNO3S. The molecule has 31 heavy (non-hydrogen) atoms. The number of aryl methyl sites for hydroxylation is 1. The van der Waals surface area contributed by atoms with Crippen LogP contribution >= 0.6 is 0 Å². The van der Waals surface area contributed by atoms with Crippen LogP contribution in [0.2, 0.25) is 0 Å². The van der Waals surface area contributed by atoms with Crippen molar-refractivity contribution < 1.29 is 18.1 Å². The molecule has 2 atom stereocenters. The van der Waals surface area contributed by atoms with Crippen molar-refractivity contribution in [2.45, 2.75) is 29.6 Å². The van der Waals surface area contributed by atoms with E-state index in [0.29, 0.717) is 17.9 Å². The van der Waals surface area contributed by atoms with E-state index in [1.165, 1.54) is 12.1 Å². The summed E-state index contributed by atoms with van der Waals surface area (Å²) in [5.74, 6) is -0.373. The smallest absolute Gasteiger partial charge is 0.410 e. The van der Waals surface area contributed by atoms with Crippen LogP contribution in [-0.4, -0.2) is 28.3 Å². The normalized spacial score (nSPS) is 19.2. The highest BCUT2D eigenvalue weighted by molar-refractivity contribution is 7.86. The van der Waals surface area contributed by atoms with Gasteiger partial charge in [-0.3, -0.25) is 4.21 Å². The number of carbonyl (C=O) groups excluding carboxylic acids is 1. The zero-order valence-electron chi connectivity index (χ0n) is 17.3. The molecule has 4 rings (SSSR count). The summed E-state index contributed by atoms with van der Waals surface area (Å²) in [6.07, 6.45) is 0.106. The molecule has 1 aliphatic rings. The van der Waals surface area contributed by atoms with E-state index < -0.39 is 21.6 Å². The standard InChI is InChI=1S/C25H24FNO3S/c1-19-7-9-21(10-8-19)25(31(29)23-13-11-22(26)12-14-23)15-16-27(18-25)24(28)30-17-20-5-3-2-4-6-20/h2-14H,15-18H2,1H3. The molecule has 3 aromatic rings. The third-order valence-electron chi connectivity index (χ3n) is 5.66. The number of rotatable bonds is 5. The van der Waals surface area contributed by atoms with E-state index in [1.807, 2.05) is 61.5 Å². The third-order valence-corrected chi connectivity index (χ3v) is 7.63. The van der Waals surface area contributed by atoms with Gasteiger partial charge in [-0.25, -0.2) is 9.18 Å². The zero-order valence-corrected chi connectivity index (χ0v) is 18.1. The molecule has 0 aliphatic carbocycles. The Hall–Kier alpha value is -2.99. The topological polar surface area (TPSA) is 46.6 Å². The third kappa shape index (κ3) is 4.54. The first-order chi connectivity index (χ1) is 15.0. The number of nitrogens with zero attached hydrogens (tertiary/aromatic N) is 1. The maximum Gasteiger partial charge on any atom is 0.410 e. The summed E-state index contributed by atoms with van der Waals surface area (Å²) in [5.41, 5.74) is 2.91. The first-order valence-electron chi connectivity index (χ1n) is 10.2. The molecule has 0 radical (unpaired) electrons. The Morgan fingerprint density at radius 1 is 1.03 bits per heavy atom. The van der Waals surface area contributed by atoms with Gasteiger partial charge < -0.3 is 9.64 Å². The number of carbonyl (C=O) groups is 1. The van der Waals surface area contributed by atoms with Crippen LogP contribution in [0.5, 0.6) is 0 Å². The highest BCUT2D eigenvalue weighted by Gasteiger charge is 2.47. The van der Waals surface area contributed by atoms with Gasteiger partial charge in [-0.2, -0.15) is 0 Å². The van der Waals surface area contributed by atoms with E-state index in [0.717, 1.165) is 16.7 Å². The number of halogens is 1. The molecule has 160 valence electrons. The predicted octanol–water partition coefficient (Wildman–Crippen LogP) is 5.18. The van der Waals surface area contributed by atoms with Crippen molar-refractivity contribution in [1.82, 2.24) is 4.90 Å². The number of amides is 1. The minimum Gasteiger partial charge on any atom is -0.445 e. The number of benzene rings is 3. The molecule has 2 unspecified atom stereocenters. The molecular weight excluding hydrogens is 413 g/mol. The van der Waals surface area contributed by atoms with Crippen molar-refractivity contribution in [1.29, 1.82) is 0 Å². The van der Waals surface area contributed by atoms with Gasteiger partial charge in [0.1, 0.15) is 12.4 Å². The SMILES string of the molecule is Cc1ccc(C2(S(=O)c3ccc(F)cc3)CCN(C(=O)OCc3ccccc3)C2)cc1. The molecule has 0 N–H and O–H groups in total. The average Bonchev–Trinajstić information content (AvgIpc) is 3.25. The number of hydrogen-bond acceptors (Lipinski definition) is 3. The molecule has 1 fully saturated rings. The van der Waals surface area contributed by atoms with Crippen molar-refractivity contribution in [3.8, 4) is 0 Å².